The molecule has 3 rings (SSSR count). The third-order valence-electron chi connectivity index (χ3n) is 6.22. The number of carbonyl (C=O) groups is 3. The summed E-state index contributed by atoms with van der Waals surface area (Å²) in [5.74, 6) is -1.62. The summed E-state index contributed by atoms with van der Waals surface area (Å²) in [6.07, 6.45) is 2.64. The van der Waals surface area contributed by atoms with Crippen LogP contribution in [0.4, 0.5) is 0 Å². The molecule has 3 saturated heterocycles. The van der Waals surface area contributed by atoms with Gasteiger partial charge in [0, 0.05) is 18.3 Å². The van der Waals surface area contributed by atoms with Gasteiger partial charge in [-0.1, -0.05) is 20.3 Å². The quantitative estimate of drug-likeness (QED) is 0.464. The van der Waals surface area contributed by atoms with Gasteiger partial charge in [0.25, 0.3) is 0 Å². The van der Waals surface area contributed by atoms with Crippen LogP contribution < -0.4 is 5.32 Å². The largest absolute Gasteiger partial charge is 0.466 e. The zero-order chi connectivity index (χ0) is 19.8. The van der Waals surface area contributed by atoms with Gasteiger partial charge in [-0.2, -0.15) is 0 Å². The average molecular weight is 399 g/mol. The van der Waals surface area contributed by atoms with E-state index in [2.05, 4.69) is 19.2 Å². The number of hydrogen-bond acceptors (Lipinski definition) is 6. The van der Waals surface area contributed by atoms with Crippen LogP contribution in [0, 0.1) is 17.8 Å². The van der Waals surface area contributed by atoms with Gasteiger partial charge in [0.2, 0.25) is 11.8 Å². The number of unbranched alkanes of at least 4 members (excludes halogenated alkanes) is 1. The topological polar surface area (TPSA) is 95.9 Å². The third-order valence-corrected chi connectivity index (χ3v) is 8.30. The lowest BCUT2D eigenvalue weighted by Crippen LogP contribution is -2.56. The molecule has 6 atom stereocenters. The highest BCUT2D eigenvalue weighted by molar-refractivity contribution is 8.02. The zero-order valence-electron chi connectivity index (χ0n) is 16.3. The number of amides is 2. The predicted octanol–water partition coefficient (Wildman–Crippen LogP) is 0.795. The molecule has 0 saturated carbocycles. The van der Waals surface area contributed by atoms with Crippen molar-refractivity contribution < 1.29 is 24.2 Å². The Morgan fingerprint density at radius 1 is 1.41 bits per heavy atom. The molecule has 8 heteroatoms. The number of esters is 1. The number of rotatable bonds is 8. The Balaban J connectivity index is 1.96. The zero-order valence-corrected chi connectivity index (χ0v) is 17.1. The van der Waals surface area contributed by atoms with Crippen LogP contribution in [0.1, 0.15) is 40.0 Å². The van der Waals surface area contributed by atoms with Gasteiger partial charge < -0.3 is 20.1 Å². The minimum atomic E-state index is -0.650. The van der Waals surface area contributed by atoms with Crippen molar-refractivity contribution in [3.8, 4) is 0 Å². The maximum absolute atomic E-state index is 13.3. The lowest BCUT2D eigenvalue weighted by atomic mass is 9.66. The van der Waals surface area contributed by atoms with Gasteiger partial charge in [-0.05, 0) is 25.7 Å². The highest BCUT2D eigenvalue weighted by Crippen LogP contribution is 2.68. The van der Waals surface area contributed by atoms with E-state index in [0.717, 1.165) is 19.3 Å². The van der Waals surface area contributed by atoms with E-state index < -0.39 is 22.6 Å². The first kappa shape index (κ1) is 20.5. The van der Waals surface area contributed by atoms with E-state index >= 15 is 0 Å². The number of β-amino-alcohol motifs (C(OH)–C–C–N with tert-alkyl or cyclic N) is 1. The van der Waals surface area contributed by atoms with Crippen LogP contribution in [0.15, 0.2) is 0 Å². The number of ether oxygens (including phenoxy) is 1. The Morgan fingerprint density at radius 3 is 2.78 bits per heavy atom. The van der Waals surface area contributed by atoms with Crippen molar-refractivity contribution in [2.24, 2.45) is 17.8 Å². The van der Waals surface area contributed by atoms with Crippen LogP contribution in [0.3, 0.4) is 0 Å². The van der Waals surface area contributed by atoms with Gasteiger partial charge in [0.15, 0.2) is 0 Å². The molecule has 3 heterocycles. The molecule has 0 aromatic rings. The summed E-state index contributed by atoms with van der Waals surface area (Å²) in [4.78, 5) is 40.5. The number of nitrogens with zero attached hydrogens (tertiary/aromatic N) is 1. The number of hydrogen-bond donors (Lipinski definition) is 2. The first-order chi connectivity index (χ1) is 12.9. The maximum Gasteiger partial charge on any atom is 0.310 e. The Kier molecular flexibility index (Phi) is 6.05. The molecule has 2 N–H and O–H groups in total. The van der Waals surface area contributed by atoms with E-state index in [4.69, 9.17) is 4.74 Å². The number of carbonyl (C=O) groups excluding carboxylic acids is 3. The fraction of sp³-hybridized carbons (Fsp3) is 0.842. The second-order valence-electron chi connectivity index (χ2n) is 7.70. The SMILES string of the molecule is CCCCNC(=O)C1N(CCO)C(=O)[C@@H]2[C@@H](C(=O)OCC)[C@H]3CC(C)C12S3. The number of nitrogens with one attached hydrogen (secondary N) is 1. The maximum atomic E-state index is 13.3. The lowest BCUT2D eigenvalue weighted by Gasteiger charge is -2.38. The van der Waals surface area contributed by atoms with Gasteiger partial charge in [-0.25, -0.2) is 0 Å². The van der Waals surface area contributed by atoms with Crippen LogP contribution >= 0.6 is 11.8 Å². The number of aliphatic hydroxyl groups is 1. The van der Waals surface area contributed by atoms with Crippen LogP contribution in [0.25, 0.3) is 0 Å². The summed E-state index contributed by atoms with van der Waals surface area (Å²) >= 11 is 1.62. The van der Waals surface area contributed by atoms with E-state index in [1.807, 2.05) is 0 Å². The van der Waals surface area contributed by atoms with Crippen LogP contribution in [0.5, 0.6) is 0 Å². The minimum absolute atomic E-state index is 0.00946. The molecule has 27 heavy (non-hydrogen) atoms. The van der Waals surface area contributed by atoms with Gasteiger partial charge in [-0.3, -0.25) is 14.4 Å². The van der Waals surface area contributed by atoms with E-state index in [1.165, 1.54) is 4.90 Å². The molecule has 2 amide bonds. The molecule has 3 aliphatic heterocycles. The van der Waals surface area contributed by atoms with E-state index in [9.17, 15) is 19.5 Å². The lowest BCUT2D eigenvalue weighted by molar-refractivity contribution is -0.154. The molecule has 0 aromatic carbocycles. The van der Waals surface area contributed by atoms with E-state index in [1.54, 1.807) is 18.7 Å². The Morgan fingerprint density at radius 2 is 2.15 bits per heavy atom. The van der Waals surface area contributed by atoms with Gasteiger partial charge in [0.05, 0.1) is 29.8 Å². The summed E-state index contributed by atoms with van der Waals surface area (Å²) < 4.78 is 4.64. The normalized spacial score (nSPS) is 36.8. The minimum Gasteiger partial charge on any atom is -0.466 e. The van der Waals surface area contributed by atoms with Crippen LogP contribution in [-0.4, -0.2) is 70.1 Å². The number of aliphatic hydroxyl groups excluding tert-OH is 1. The van der Waals surface area contributed by atoms with Gasteiger partial charge in [-0.15, -0.1) is 11.8 Å². The summed E-state index contributed by atoms with van der Waals surface area (Å²) in [7, 11) is 0. The van der Waals surface area contributed by atoms with Gasteiger partial charge >= 0.3 is 5.97 Å². The molecule has 0 aromatic heterocycles. The highest BCUT2D eigenvalue weighted by atomic mass is 32.2. The van der Waals surface area contributed by atoms with Crippen LogP contribution in [0.2, 0.25) is 0 Å². The Hall–Kier alpha value is -1.28. The second-order valence-corrected chi connectivity index (χ2v) is 9.25. The van der Waals surface area contributed by atoms with Crippen molar-refractivity contribution in [2.45, 2.75) is 56.1 Å². The number of thioether (sulfide) groups is 1. The smallest absolute Gasteiger partial charge is 0.310 e. The summed E-state index contributed by atoms with van der Waals surface area (Å²) in [6, 6.07) is -0.650. The Bertz CT molecular complexity index is 615. The standard InChI is InChI=1S/C19H30N2O5S/c1-4-6-7-20-16(23)15-19-11(3)10-12(27-19)13(18(25)26-5-2)14(19)17(24)21(15)8-9-22/h11-15,22H,4-10H2,1-3H3,(H,20,23)/t11?,12-,13+,14+,15?,19?/m1/s1. The molecular formula is C19H30N2O5S. The van der Waals surface area contributed by atoms with Crippen molar-refractivity contribution >= 4 is 29.5 Å². The summed E-state index contributed by atoms with van der Waals surface area (Å²) in [5, 5.41) is 12.5. The fourth-order valence-corrected chi connectivity index (χ4v) is 7.57. The molecule has 2 bridgehead atoms. The Labute approximate surface area is 164 Å². The molecule has 1 spiro atoms. The molecule has 0 radical (unpaired) electrons. The molecule has 3 unspecified atom stereocenters. The van der Waals surface area contributed by atoms with Crippen LogP contribution in [-0.2, 0) is 19.1 Å². The first-order valence-corrected chi connectivity index (χ1v) is 10.8. The third kappa shape index (κ3) is 3.05. The van der Waals surface area contributed by atoms with E-state index in [-0.39, 0.29) is 48.7 Å². The average Bonchev–Trinajstić information content (AvgIpc) is 3.20. The number of fused-ring (bicyclic) bond motifs is 1. The molecule has 3 fully saturated rings. The summed E-state index contributed by atoms with van der Waals surface area (Å²) in [6.45, 7) is 6.63. The van der Waals surface area contributed by atoms with Gasteiger partial charge in [0.1, 0.15) is 6.04 Å². The summed E-state index contributed by atoms with van der Waals surface area (Å²) in [5.41, 5.74) is 0. The fourth-order valence-electron chi connectivity index (χ4n) is 5.16. The molecule has 0 aliphatic carbocycles. The number of likely N-dealkylation sites (tertiary alicyclic amines) is 1. The molecular weight excluding hydrogens is 368 g/mol. The predicted molar refractivity (Wildman–Crippen MR) is 102 cm³/mol. The van der Waals surface area contributed by atoms with Crippen molar-refractivity contribution in [3.63, 3.8) is 0 Å². The first-order valence-electron chi connectivity index (χ1n) is 9.97. The van der Waals surface area contributed by atoms with Crippen molar-refractivity contribution in [1.29, 1.82) is 0 Å². The van der Waals surface area contributed by atoms with Crippen molar-refractivity contribution in [3.05, 3.63) is 0 Å². The van der Waals surface area contributed by atoms with E-state index in [0.29, 0.717) is 6.54 Å². The van der Waals surface area contributed by atoms with Crippen molar-refractivity contribution in [1.82, 2.24) is 10.2 Å². The van der Waals surface area contributed by atoms with Crippen molar-refractivity contribution in [2.75, 3.05) is 26.3 Å². The molecule has 152 valence electrons. The monoisotopic (exact) mass is 398 g/mol. The second kappa shape index (κ2) is 7.99. The molecule has 3 aliphatic rings. The highest BCUT2D eigenvalue weighted by Gasteiger charge is 2.76. The molecule has 7 nitrogen and oxygen atoms in total.